The maximum atomic E-state index is 5.59. The number of aromatic nitrogens is 1. The summed E-state index contributed by atoms with van der Waals surface area (Å²) in [5.74, 6) is 2.64. The molecular weight excluding hydrogens is 252 g/mol. The first-order chi connectivity index (χ1) is 9.83. The van der Waals surface area contributed by atoms with Gasteiger partial charge in [0.15, 0.2) is 11.5 Å². The fourth-order valence-electron chi connectivity index (χ4n) is 2.24. The molecule has 0 spiro atoms. The minimum Gasteiger partial charge on any atom is -0.486 e. The fraction of sp³-hybridized carbons (Fsp3) is 0.312. The van der Waals surface area contributed by atoms with Crippen LogP contribution >= 0.6 is 0 Å². The molecule has 2 aromatic rings. The molecule has 0 fully saturated rings. The third-order valence-corrected chi connectivity index (χ3v) is 3.32. The third-order valence-electron chi connectivity index (χ3n) is 3.32. The lowest BCUT2D eigenvalue weighted by molar-refractivity contribution is 0.171. The Morgan fingerprint density at radius 3 is 2.85 bits per heavy atom. The highest BCUT2D eigenvalue weighted by Gasteiger charge is 2.11. The Labute approximate surface area is 118 Å². The summed E-state index contributed by atoms with van der Waals surface area (Å²) in [5.41, 5.74) is 2.39. The van der Waals surface area contributed by atoms with E-state index in [9.17, 15) is 0 Å². The Bertz CT molecular complexity index is 599. The molecule has 1 aliphatic rings. The molecule has 0 radical (unpaired) electrons. The van der Waals surface area contributed by atoms with E-state index < -0.39 is 0 Å². The van der Waals surface area contributed by atoms with Crippen molar-refractivity contribution in [3.8, 4) is 11.5 Å². The van der Waals surface area contributed by atoms with Gasteiger partial charge in [-0.3, -0.25) is 0 Å². The van der Waals surface area contributed by atoms with E-state index in [-0.39, 0.29) is 0 Å². The molecule has 3 rings (SSSR count). The molecule has 4 heteroatoms. The van der Waals surface area contributed by atoms with E-state index in [0.29, 0.717) is 13.2 Å². The van der Waals surface area contributed by atoms with E-state index in [1.54, 1.807) is 6.20 Å². The van der Waals surface area contributed by atoms with Crippen molar-refractivity contribution in [3.63, 3.8) is 0 Å². The van der Waals surface area contributed by atoms with Gasteiger partial charge in [-0.1, -0.05) is 12.1 Å². The van der Waals surface area contributed by atoms with Crippen molar-refractivity contribution < 1.29 is 9.47 Å². The molecule has 104 valence electrons. The van der Waals surface area contributed by atoms with Crippen molar-refractivity contribution in [1.82, 2.24) is 4.98 Å². The predicted molar refractivity (Wildman–Crippen MR) is 78.6 cm³/mol. The highest BCUT2D eigenvalue weighted by atomic mass is 16.6. The van der Waals surface area contributed by atoms with E-state index in [1.807, 2.05) is 12.1 Å². The number of nitrogens with zero attached hydrogens (tertiary/aromatic N) is 1. The molecule has 20 heavy (non-hydrogen) atoms. The summed E-state index contributed by atoms with van der Waals surface area (Å²) in [6.45, 7) is 4.16. The highest BCUT2D eigenvalue weighted by Crippen LogP contribution is 2.30. The zero-order chi connectivity index (χ0) is 13.8. The summed E-state index contributed by atoms with van der Waals surface area (Å²) >= 11 is 0. The van der Waals surface area contributed by atoms with Crippen LogP contribution in [0.4, 0.5) is 5.82 Å². The number of benzene rings is 1. The second-order valence-corrected chi connectivity index (χ2v) is 4.82. The van der Waals surface area contributed by atoms with E-state index in [0.717, 1.165) is 35.8 Å². The number of fused-ring (bicyclic) bond motifs is 1. The summed E-state index contributed by atoms with van der Waals surface area (Å²) in [5, 5.41) is 3.36. The van der Waals surface area contributed by atoms with E-state index in [4.69, 9.17) is 9.47 Å². The molecular formula is C16H18N2O2. The highest BCUT2D eigenvalue weighted by molar-refractivity contribution is 5.45. The first-order valence-corrected chi connectivity index (χ1v) is 6.87. The lowest BCUT2D eigenvalue weighted by Gasteiger charge is -2.19. The third kappa shape index (κ3) is 2.85. The Kier molecular flexibility index (Phi) is 3.72. The average molecular weight is 270 g/mol. The van der Waals surface area contributed by atoms with Crippen LogP contribution in [-0.4, -0.2) is 24.7 Å². The molecule has 1 aromatic carbocycles. The Morgan fingerprint density at radius 2 is 2.00 bits per heavy atom. The van der Waals surface area contributed by atoms with Crippen molar-refractivity contribution in [3.05, 3.63) is 47.7 Å². The number of rotatable bonds is 4. The van der Waals surface area contributed by atoms with Crippen LogP contribution in [0.5, 0.6) is 11.5 Å². The smallest absolute Gasteiger partial charge is 0.161 e. The summed E-state index contributed by atoms with van der Waals surface area (Å²) < 4.78 is 11.1. The number of anilines is 1. The SMILES string of the molecule is Cc1cccnc1NCCc1ccc2c(c1)OCCO2. The first-order valence-electron chi connectivity index (χ1n) is 6.87. The van der Waals surface area contributed by atoms with Crippen LogP contribution in [0.2, 0.25) is 0 Å². The number of hydrogen-bond acceptors (Lipinski definition) is 4. The lowest BCUT2D eigenvalue weighted by Crippen LogP contribution is -2.15. The van der Waals surface area contributed by atoms with Crippen molar-refractivity contribution >= 4 is 5.82 Å². The molecule has 0 aliphatic carbocycles. The molecule has 2 heterocycles. The number of ether oxygens (including phenoxy) is 2. The zero-order valence-corrected chi connectivity index (χ0v) is 11.6. The van der Waals surface area contributed by atoms with Gasteiger partial charge in [-0.2, -0.15) is 0 Å². The van der Waals surface area contributed by atoms with E-state index in [2.05, 4.69) is 35.4 Å². The Balaban J connectivity index is 1.60. The van der Waals surface area contributed by atoms with Crippen LogP contribution in [-0.2, 0) is 6.42 Å². The number of hydrogen-bond donors (Lipinski definition) is 1. The number of pyridine rings is 1. The summed E-state index contributed by atoms with van der Waals surface area (Å²) in [6.07, 6.45) is 2.73. The maximum Gasteiger partial charge on any atom is 0.161 e. The second kappa shape index (κ2) is 5.82. The predicted octanol–water partition coefficient (Wildman–Crippen LogP) is 2.82. The van der Waals surface area contributed by atoms with E-state index in [1.165, 1.54) is 5.56 Å². The van der Waals surface area contributed by atoms with Crippen molar-refractivity contribution in [2.24, 2.45) is 0 Å². The molecule has 4 nitrogen and oxygen atoms in total. The molecule has 1 aliphatic heterocycles. The molecule has 1 aromatic heterocycles. The molecule has 0 saturated heterocycles. The summed E-state index contributed by atoms with van der Waals surface area (Å²) in [7, 11) is 0. The van der Waals surface area contributed by atoms with Gasteiger partial charge < -0.3 is 14.8 Å². The van der Waals surface area contributed by atoms with Gasteiger partial charge in [0.05, 0.1) is 0 Å². The molecule has 0 amide bonds. The first kappa shape index (κ1) is 12.8. The van der Waals surface area contributed by atoms with Crippen LogP contribution < -0.4 is 14.8 Å². The average Bonchev–Trinajstić information content (AvgIpc) is 2.49. The van der Waals surface area contributed by atoms with Crippen molar-refractivity contribution in [2.75, 3.05) is 25.1 Å². The van der Waals surface area contributed by atoms with Gasteiger partial charge in [0, 0.05) is 12.7 Å². The van der Waals surface area contributed by atoms with Gasteiger partial charge in [0.25, 0.3) is 0 Å². The maximum absolute atomic E-state index is 5.59. The van der Waals surface area contributed by atoms with Crippen molar-refractivity contribution in [2.45, 2.75) is 13.3 Å². The summed E-state index contributed by atoms with van der Waals surface area (Å²) in [4.78, 5) is 4.32. The monoisotopic (exact) mass is 270 g/mol. The van der Waals surface area contributed by atoms with E-state index >= 15 is 0 Å². The van der Waals surface area contributed by atoms with Gasteiger partial charge in [-0.15, -0.1) is 0 Å². The van der Waals surface area contributed by atoms with Crippen molar-refractivity contribution in [1.29, 1.82) is 0 Å². The topological polar surface area (TPSA) is 43.4 Å². The van der Waals surface area contributed by atoms with Gasteiger partial charge in [-0.05, 0) is 42.7 Å². The lowest BCUT2D eigenvalue weighted by atomic mass is 10.1. The zero-order valence-electron chi connectivity index (χ0n) is 11.6. The van der Waals surface area contributed by atoms with Crippen LogP contribution in [0.25, 0.3) is 0 Å². The van der Waals surface area contributed by atoms with Gasteiger partial charge >= 0.3 is 0 Å². The second-order valence-electron chi connectivity index (χ2n) is 4.82. The molecule has 1 N–H and O–H groups in total. The molecule has 0 bridgehead atoms. The number of nitrogens with one attached hydrogen (secondary N) is 1. The molecule has 0 unspecified atom stereocenters. The summed E-state index contributed by atoms with van der Waals surface area (Å²) in [6, 6.07) is 10.1. The normalized spacial score (nSPS) is 13.1. The minimum atomic E-state index is 0.627. The standard InChI is InChI=1S/C16H18N2O2/c1-12-3-2-7-17-16(12)18-8-6-13-4-5-14-15(11-13)20-10-9-19-14/h2-5,7,11H,6,8-10H2,1H3,(H,17,18). The van der Waals surface area contributed by atoms with Gasteiger partial charge in [-0.25, -0.2) is 4.98 Å². The quantitative estimate of drug-likeness (QED) is 0.927. The minimum absolute atomic E-state index is 0.627. The van der Waals surface area contributed by atoms with Crippen LogP contribution in [0.3, 0.4) is 0 Å². The van der Waals surface area contributed by atoms with Gasteiger partial charge in [0.1, 0.15) is 19.0 Å². The van der Waals surface area contributed by atoms with Gasteiger partial charge in [0.2, 0.25) is 0 Å². The van der Waals surface area contributed by atoms with Crippen LogP contribution in [0.15, 0.2) is 36.5 Å². The largest absolute Gasteiger partial charge is 0.486 e. The van der Waals surface area contributed by atoms with Crippen LogP contribution in [0, 0.1) is 6.92 Å². The molecule has 0 atom stereocenters. The fourth-order valence-corrected chi connectivity index (χ4v) is 2.24. The number of aryl methyl sites for hydroxylation is 1. The Morgan fingerprint density at radius 1 is 1.15 bits per heavy atom. The molecule has 0 saturated carbocycles. The Hall–Kier alpha value is -2.23. The van der Waals surface area contributed by atoms with Crippen LogP contribution in [0.1, 0.15) is 11.1 Å².